The summed E-state index contributed by atoms with van der Waals surface area (Å²) in [6, 6.07) is 3.82. The van der Waals surface area contributed by atoms with Gasteiger partial charge < -0.3 is 0 Å². The fraction of sp³-hybridized carbons (Fsp3) is 0.167. The number of anilines is 1. The van der Waals surface area contributed by atoms with E-state index in [1.165, 1.54) is 12.1 Å². The molecule has 0 radical (unpaired) electrons. The van der Waals surface area contributed by atoms with Crippen LogP contribution in [0, 0.1) is 5.82 Å². The first-order valence-corrected chi connectivity index (χ1v) is 9.62. The van der Waals surface area contributed by atoms with Crippen molar-refractivity contribution >= 4 is 32.0 Å². The minimum absolute atomic E-state index is 0.0503. The predicted molar refractivity (Wildman–Crippen MR) is 93.7 cm³/mol. The molecule has 0 saturated carbocycles. The van der Waals surface area contributed by atoms with Gasteiger partial charge in [-0.1, -0.05) is 5.16 Å². The van der Waals surface area contributed by atoms with Crippen LogP contribution >= 0.6 is 15.9 Å². The Labute approximate surface area is 163 Å². The summed E-state index contributed by atoms with van der Waals surface area (Å²) in [5, 5.41) is 15.6. The lowest BCUT2D eigenvalue weighted by atomic mass is 10.3. The van der Waals surface area contributed by atoms with Gasteiger partial charge in [0.1, 0.15) is 5.82 Å². The Morgan fingerprint density at radius 3 is 2.82 bits per heavy atom. The van der Waals surface area contributed by atoms with Crippen molar-refractivity contribution in [1.82, 2.24) is 24.8 Å². The third-order valence-electron chi connectivity index (χ3n) is 3.14. The summed E-state index contributed by atoms with van der Waals surface area (Å²) in [6.07, 6.45) is 0. The fourth-order valence-corrected chi connectivity index (χ4v) is 2.74. The zero-order chi connectivity index (χ0) is 20.3. The zero-order valence-electron chi connectivity index (χ0n) is 13.6. The first-order valence-electron chi connectivity index (χ1n) is 7.28. The van der Waals surface area contributed by atoms with E-state index in [-0.39, 0.29) is 40.6 Å². The number of hydrogen-bond acceptors (Lipinski definition) is 10. The number of halogens is 2. The molecule has 2 heterocycles. The van der Waals surface area contributed by atoms with Gasteiger partial charge in [-0.15, -0.1) is 0 Å². The average Bonchev–Trinajstić information content (AvgIpc) is 3.22. The van der Waals surface area contributed by atoms with Crippen molar-refractivity contribution in [3.05, 3.63) is 39.0 Å². The van der Waals surface area contributed by atoms with E-state index in [1.54, 1.807) is 0 Å². The molecule has 3 aromatic rings. The Bertz CT molecular complexity index is 1140. The normalized spacial score (nSPS) is 11.7. The maximum atomic E-state index is 13.5. The topological polar surface area (TPSA) is 180 Å². The maximum absolute atomic E-state index is 13.5. The molecule has 0 saturated heterocycles. The summed E-state index contributed by atoms with van der Waals surface area (Å²) >= 11 is 3.03. The van der Waals surface area contributed by atoms with Crippen LogP contribution in [0.5, 0.6) is 0 Å². The van der Waals surface area contributed by atoms with Crippen LogP contribution < -0.4 is 21.1 Å². The van der Waals surface area contributed by atoms with Crippen molar-refractivity contribution in [2.45, 2.75) is 0 Å². The van der Waals surface area contributed by atoms with E-state index in [0.29, 0.717) is 0 Å². The van der Waals surface area contributed by atoms with Crippen LogP contribution in [-0.2, 0) is 15.0 Å². The largest absolute Gasteiger partial charge is 0.446 e. The zero-order valence-corrected chi connectivity index (χ0v) is 16.0. The van der Waals surface area contributed by atoms with E-state index in [2.05, 4.69) is 46.0 Å². The molecule has 28 heavy (non-hydrogen) atoms. The predicted octanol–water partition coefficient (Wildman–Crippen LogP) is -0.0863. The second kappa shape index (κ2) is 8.15. The Morgan fingerprint density at radius 1 is 1.32 bits per heavy atom. The minimum Gasteiger partial charge on any atom is -0.295 e. The van der Waals surface area contributed by atoms with Gasteiger partial charge in [0.2, 0.25) is 17.3 Å². The highest BCUT2D eigenvalue weighted by Crippen LogP contribution is 2.26. The first-order chi connectivity index (χ1) is 13.3. The molecule has 0 bridgehead atoms. The van der Waals surface area contributed by atoms with Gasteiger partial charge in [-0.3, -0.25) is 9.36 Å². The molecule has 16 heteroatoms. The highest BCUT2D eigenvalue weighted by Gasteiger charge is 2.23. The van der Waals surface area contributed by atoms with Crippen LogP contribution in [0.3, 0.4) is 0 Å². The van der Waals surface area contributed by atoms with Crippen molar-refractivity contribution < 1.29 is 26.8 Å². The molecule has 0 fully saturated rings. The maximum Gasteiger partial charge on any atom is 0.446 e. The molecule has 3 rings (SSSR count). The van der Waals surface area contributed by atoms with Crippen molar-refractivity contribution in [3.8, 4) is 17.2 Å². The minimum atomic E-state index is -3.84. The summed E-state index contributed by atoms with van der Waals surface area (Å²) in [4.78, 5) is 17.1. The molecule has 0 aliphatic carbocycles. The van der Waals surface area contributed by atoms with E-state index in [1.807, 2.05) is 4.72 Å². The van der Waals surface area contributed by atoms with Crippen LogP contribution in [0.4, 0.5) is 10.2 Å². The molecule has 0 aliphatic rings. The van der Waals surface area contributed by atoms with Gasteiger partial charge in [0.05, 0.1) is 16.8 Å². The number of nitrogens with zero attached hydrogens (tertiary/aromatic N) is 4. The van der Waals surface area contributed by atoms with Crippen LogP contribution in [-0.4, -0.2) is 41.6 Å². The Hall–Kier alpha value is -2.66. The van der Waals surface area contributed by atoms with E-state index < -0.39 is 21.8 Å². The summed E-state index contributed by atoms with van der Waals surface area (Å²) < 4.78 is 47.4. The van der Waals surface area contributed by atoms with Crippen molar-refractivity contribution in [1.29, 1.82) is 0 Å². The van der Waals surface area contributed by atoms with Gasteiger partial charge in [0.15, 0.2) is 0 Å². The molecular formula is C12H11BrFN7O6S. The number of nitrogens with two attached hydrogens (primary N) is 1. The Kier molecular flexibility index (Phi) is 5.84. The highest BCUT2D eigenvalue weighted by molar-refractivity contribution is 9.10. The lowest BCUT2D eigenvalue weighted by Gasteiger charge is -2.06. The summed E-state index contributed by atoms with van der Waals surface area (Å²) in [5.41, 5.74) is 2.56. The van der Waals surface area contributed by atoms with Crippen molar-refractivity contribution in [3.63, 3.8) is 0 Å². The number of rotatable bonds is 8. The summed E-state index contributed by atoms with van der Waals surface area (Å²) in [7, 11) is -3.84. The van der Waals surface area contributed by atoms with E-state index in [4.69, 9.17) is 9.98 Å². The first kappa shape index (κ1) is 20.1. The molecule has 0 aliphatic heterocycles. The molecule has 0 amide bonds. The standard InChI is InChI=1S/C12H11BrFN7O6S/c13-7-5-6(1-2-8(7)14)21-11(20-26-12(21)22)9-10(19-27-17-9)18-25-4-3-16-28(15,23)24/h1-2,5,16H,3-4H2,(H,18,19)(H2,15,23,24). The number of benzene rings is 1. The third kappa shape index (κ3) is 4.60. The van der Waals surface area contributed by atoms with Gasteiger partial charge >= 0.3 is 5.76 Å². The molecule has 1 aromatic carbocycles. The third-order valence-corrected chi connectivity index (χ3v) is 4.36. The van der Waals surface area contributed by atoms with E-state index in [0.717, 1.165) is 10.6 Å². The molecule has 0 spiro atoms. The molecule has 0 unspecified atom stereocenters. The smallest absolute Gasteiger partial charge is 0.295 e. The van der Waals surface area contributed by atoms with E-state index >= 15 is 0 Å². The molecule has 150 valence electrons. The molecular weight excluding hydrogens is 469 g/mol. The fourth-order valence-electron chi connectivity index (χ4n) is 2.01. The van der Waals surface area contributed by atoms with Crippen molar-refractivity contribution in [2.24, 2.45) is 5.14 Å². The molecule has 2 aromatic heterocycles. The van der Waals surface area contributed by atoms with Gasteiger partial charge in [-0.05, 0) is 44.4 Å². The molecule has 13 nitrogen and oxygen atoms in total. The van der Waals surface area contributed by atoms with Crippen LogP contribution in [0.15, 0.2) is 36.6 Å². The van der Waals surface area contributed by atoms with Gasteiger partial charge in [-0.25, -0.2) is 33.7 Å². The summed E-state index contributed by atoms with van der Waals surface area (Å²) in [5.74, 6) is -1.56. The Morgan fingerprint density at radius 2 is 2.11 bits per heavy atom. The number of aromatic nitrogens is 4. The van der Waals surface area contributed by atoms with Crippen LogP contribution in [0.25, 0.3) is 17.2 Å². The quantitative estimate of drug-likeness (QED) is 0.291. The number of hydrogen-bond donors (Lipinski definition) is 3. The number of nitrogens with one attached hydrogen (secondary N) is 2. The van der Waals surface area contributed by atoms with Gasteiger partial charge in [0, 0.05) is 6.54 Å². The monoisotopic (exact) mass is 479 g/mol. The van der Waals surface area contributed by atoms with Crippen LogP contribution in [0.2, 0.25) is 0 Å². The second-order valence-corrected chi connectivity index (χ2v) is 7.29. The van der Waals surface area contributed by atoms with Crippen molar-refractivity contribution in [2.75, 3.05) is 18.6 Å². The van der Waals surface area contributed by atoms with Gasteiger partial charge in [-0.2, -0.15) is 8.42 Å². The van der Waals surface area contributed by atoms with Gasteiger partial charge in [0.25, 0.3) is 10.2 Å². The van der Waals surface area contributed by atoms with Crippen LogP contribution in [0.1, 0.15) is 0 Å². The van der Waals surface area contributed by atoms with E-state index in [9.17, 15) is 17.6 Å². The SMILES string of the molecule is NS(=O)(=O)NCCONc1nonc1-c1noc(=O)n1-c1ccc(F)c(Br)c1. The summed E-state index contributed by atoms with van der Waals surface area (Å²) in [6.45, 7) is -0.246. The lowest BCUT2D eigenvalue weighted by Crippen LogP contribution is -2.33. The highest BCUT2D eigenvalue weighted by atomic mass is 79.9. The lowest BCUT2D eigenvalue weighted by molar-refractivity contribution is 0.195. The molecule has 0 atom stereocenters. The second-order valence-electron chi connectivity index (χ2n) is 5.06. The Balaban J connectivity index is 1.81. The average molecular weight is 480 g/mol. The molecule has 4 N–H and O–H groups in total.